The molecule has 0 bridgehead atoms. The normalized spacial score (nSPS) is 13.0. The van der Waals surface area contributed by atoms with Crippen LogP contribution in [-0.4, -0.2) is 38.6 Å². The summed E-state index contributed by atoms with van der Waals surface area (Å²) in [5.41, 5.74) is 4.45. The first-order chi connectivity index (χ1) is 17.3. The molecule has 1 N–H and O–H groups in total. The quantitative estimate of drug-likeness (QED) is 0.306. The first-order valence-electron chi connectivity index (χ1n) is 11.7. The van der Waals surface area contributed by atoms with Crippen LogP contribution in [0.15, 0.2) is 58.5 Å². The number of anilines is 1. The number of amides is 2. The van der Waals surface area contributed by atoms with Crippen molar-refractivity contribution in [1.29, 1.82) is 0 Å². The topological polar surface area (TPSA) is 84.3 Å². The molecule has 36 heavy (non-hydrogen) atoms. The van der Waals surface area contributed by atoms with E-state index in [1.54, 1.807) is 16.4 Å². The van der Waals surface area contributed by atoms with Gasteiger partial charge in [-0.25, -0.2) is 4.98 Å². The third-order valence-corrected chi connectivity index (χ3v) is 8.19. The number of benzene rings is 2. The molecule has 0 spiro atoms. The molecule has 3 heterocycles. The van der Waals surface area contributed by atoms with E-state index in [4.69, 9.17) is 4.98 Å². The molecule has 0 saturated carbocycles. The summed E-state index contributed by atoms with van der Waals surface area (Å²) < 4.78 is 1.60. The van der Waals surface area contributed by atoms with E-state index >= 15 is 0 Å². The van der Waals surface area contributed by atoms with E-state index in [1.165, 1.54) is 23.1 Å². The molecule has 0 fully saturated rings. The maximum atomic E-state index is 13.8. The number of nitrogens with zero attached hydrogens (tertiary/aromatic N) is 3. The molecule has 0 atom stereocenters. The lowest BCUT2D eigenvalue weighted by molar-refractivity contribution is -0.129. The predicted molar refractivity (Wildman–Crippen MR) is 145 cm³/mol. The van der Waals surface area contributed by atoms with Crippen molar-refractivity contribution < 1.29 is 9.59 Å². The second kappa shape index (κ2) is 9.91. The molecule has 2 aromatic heterocycles. The number of aryl methyl sites for hydroxylation is 2. The summed E-state index contributed by atoms with van der Waals surface area (Å²) in [6.45, 7) is 6.64. The Morgan fingerprint density at radius 1 is 1.11 bits per heavy atom. The Hall–Kier alpha value is -3.43. The molecular weight excluding hydrogens is 492 g/mol. The van der Waals surface area contributed by atoms with Crippen LogP contribution in [0, 0.1) is 13.8 Å². The zero-order valence-electron chi connectivity index (χ0n) is 20.3. The fraction of sp³-hybridized carbons (Fsp3) is 0.259. The minimum Gasteiger partial charge on any atom is -0.337 e. The highest BCUT2D eigenvalue weighted by molar-refractivity contribution is 7.99. The van der Waals surface area contributed by atoms with Gasteiger partial charge in [-0.05, 0) is 61.2 Å². The summed E-state index contributed by atoms with van der Waals surface area (Å²) in [6.07, 6.45) is 0.630. The second-order valence-corrected chi connectivity index (χ2v) is 11.0. The van der Waals surface area contributed by atoms with Gasteiger partial charge in [-0.15, -0.1) is 11.3 Å². The highest BCUT2D eigenvalue weighted by Gasteiger charge is 2.26. The standard InChI is InChI=1S/C27H26N4O3S2/c1-16-11-17(2)13-19(12-16)28-23(33)15-35-27-29-25-24(26(34)31(27)20-7-5-4-6-8-20)21-9-10-30(18(3)32)14-22(21)36-25/h4-8,11-13H,9-10,14-15H2,1-3H3,(H,28,33). The molecule has 4 aromatic rings. The lowest BCUT2D eigenvalue weighted by Crippen LogP contribution is -2.34. The molecule has 9 heteroatoms. The Morgan fingerprint density at radius 3 is 2.53 bits per heavy atom. The average Bonchev–Trinajstić information content (AvgIpc) is 3.20. The number of nitrogens with one attached hydrogen (secondary N) is 1. The number of carbonyl (C=O) groups is 2. The lowest BCUT2D eigenvalue weighted by Gasteiger charge is -2.25. The van der Waals surface area contributed by atoms with Gasteiger partial charge >= 0.3 is 0 Å². The molecule has 7 nitrogen and oxygen atoms in total. The number of carbonyl (C=O) groups excluding carboxylic acids is 2. The molecule has 2 aromatic carbocycles. The van der Waals surface area contributed by atoms with Crippen molar-refractivity contribution in [2.24, 2.45) is 0 Å². The van der Waals surface area contributed by atoms with Crippen molar-refractivity contribution in [3.63, 3.8) is 0 Å². The van der Waals surface area contributed by atoms with Gasteiger partial charge in [0.05, 0.1) is 23.4 Å². The number of thioether (sulfide) groups is 1. The Labute approximate surface area is 217 Å². The van der Waals surface area contributed by atoms with E-state index < -0.39 is 0 Å². The summed E-state index contributed by atoms with van der Waals surface area (Å²) in [6, 6.07) is 15.3. The number of hydrogen-bond donors (Lipinski definition) is 1. The molecule has 5 rings (SSSR count). The van der Waals surface area contributed by atoms with Gasteiger partial charge in [0, 0.05) is 24.0 Å². The van der Waals surface area contributed by atoms with E-state index in [-0.39, 0.29) is 23.1 Å². The predicted octanol–water partition coefficient (Wildman–Crippen LogP) is 4.70. The Balaban J connectivity index is 1.50. The van der Waals surface area contributed by atoms with Gasteiger partial charge in [0.1, 0.15) is 4.83 Å². The minimum absolute atomic E-state index is 0.0267. The first kappa shape index (κ1) is 24.3. The van der Waals surface area contributed by atoms with Gasteiger partial charge in [-0.2, -0.15) is 0 Å². The third kappa shape index (κ3) is 4.81. The Kier molecular flexibility index (Phi) is 6.68. The van der Waals surface area contributed by atoms with E-state index in [0.717, 1.165) is 27.3 Å². The van der Waals surface area contributed by atoms with Gasteiger partial charge in [-0.1, -0.05) is 36.0 Å². The van der Waals surface area contributed by atoms with Crippen LogP contribution in [0.2, 0.25) is 0 Å². The van der Waals surface area contributed by atoms with Crippen LogP contribution >= 0.6 is 23.1 Å². The molecule has 1 aliphatic heterocycles. The highest BCUT2D eigenvalue weighted by atomic mass is 32.2. The number of hydrogen-bond acceptors (Lipinski definition) is 6. The van der Waals surface area contributed by atoms with Crippen LogP contribution in [0.1, 0.15) is 28.5 Å². The summed E-state index contributed by atoms with van der Waals surface area (Å²) in [5.74, 6) is -0.0265. The number of aromatic nitrogens is 2. The fourth-order valence-corrected chi connectivity index (χ4v) is 6.66. The molecule has 184 valence electrons. The lowest BCUT2D eigenvalue weighted by atomic mass is 10.1. The van der Waals surface area contributed by atoms with Crippen LogP contribution in [0.25, 0.3) is 15.9 Å². The largest absolute Gasteiger partial charge is 0.337 e. The number of thiophene rings is 1. The van der Waals surface area contributed by atoms with E-state index in [0.29, 0.717) is 40.6 Å². The van der Waals surface area contributed by atoms with Crippen molar-refractivity contribution >= 4 is 50.8 Å². The van der Waals surface area contributed by atoms with Crippen molar-refractivity contribution in [3.8, 4) is 5.69 Å². The molecule has 0 saturated heterocycles. The zero-order valence-corrected chi connectivity index (χ0v) is 22.0. The van der Waals surface area contributed by atoms with E-state index in [1.807, 2.05) is 56.3 Å². The van der Waals surface area contributed by atoms with E-state index in [2.05, 4.69) is 11.4 Å². The Bertz CT molecular complexity index is 1520. The summed E-state index contributed by atoms with van der Waals surface area (Å²) >= 11 is 2.70. The number of fused-ring (bicyclic) bond motifs is 3. The van der Waals surface area contributed by atoms with Crippen LogP contribution in [0.3, 0.4) is 0 Å². The highest BCUT2D eigenvalue weighted by Crippen LogP contribution is 2.34. The first-order valence-corrected chi connectivity index (χ1v) is 13.5. The van der Waals surface area contributed by atoms with Gasteiger partial charge in [0.2, 0.25) is 11.8 Å². The van der Waals surface area contributed by atoms with E-state index in [9.17, 15) is 14.4 Å². The average molecular weight is 519 g/mol. The zero-order chi connectivity index (χ0) is 25.4. The van der Waals surface area contributed by atoms with Crippen molar-refractivity contribution in [2.75, 3.05) is 17.6 Å². The monoisotopic (exact) mass is 518 g/mol. The Morgan fingerprint density at radius 2 is 1.83 bits per heavy atom. The van der Waals surface area contributed by atoms with Gasteiger partial charge in [-0.3, -0.25) is 19.0 Å². The summed E-state index contributed by atoms with van der Waals surface area (Å²) in [4.78, 5) is 46.8. The van der Waals surface area contributed by atoms with Gasteiger partial charge < -0.3 is 10.2 Å². The van der Waals surface area contributed by atoms with Crippen LogP contribution < -0.4 is 10.9 Å². The second-order valence-electron chi connectivity index (χ2n) is 8.96. The van der Waals surface area contributed by atoms with Crippen LogP contribution in [0.5, 0.6) is 0 Å². The van der Waals surface area contributed by atoms with Crippen molar-refractivity contribution in [1.82, 2.24) is 14.5 Å². The SMILES string of the molecule is CC(=O)N1CCc2c(sc3nc(SCC(=O)Nc4cc(C)cc(C)c4)n(-c4ccccc4)c(=O)c23)C1. The number of para-hydroxylation sites is 1. The van der Waals surface area contributed by atoms with Gasteiger partial charge in [0.15, 0.2) is 5.16 Å². The third-order valence-electron chi connectivity index (χ3n) is 6.14. The van der Waals surface area contributed by atoms with Crippen LogP contribution in [0.4, 0.5) is 5.69 Å². The van der Waals surface area contributed by atoms with Crippen molar-refractivity contribution in [2.45, 2.75) is 38.9 Å². The maximum absolute atomic E-state index is 13.8. The molecule has 1 aliphatic rings. The maximum Gasteiger partial charge on any atom is 0.267 e. The molecule has 2 amide bonds. The van der Waals surface area contributed by atoms with Crippen molar-refractivity contribution in [3.05, 3.63) is 80.5 Å². The van der Waals surface area contributed by atoms with Crippen LogP contribution in [-0.2, 0) is 22.6 Å². The molecule has 0 aliphatic carbocycles. The minimum atomic E-state index is -0.165. The summed E-state index contributed by atoms with van der Waals surface area (Å²) in [5, 5.41) is 4.04. The fourth-order valence-electron chi connectivity index (χ4n) is 4.57. The molecule has 0 radical (unpaired) electrons. The molecule has 0 unspecified atom stereocenters. The van der Waals surface area contributed by atoms with Gasteiger partial charge in [0.25, 0.3) is 5.56 Å². The smallest absolute Gasteiger partial charge is 0.267 e. The molecular formula is C27H26N4O3S2. The number of rotatable bonds is 5. The summed E-state index contributed by atoms with van der Waals surface area (Å²) in [7, 11) is 0.